The van der Waals surface area contributed by atoms with Crippen molar-refractivity contribution in [3.8, 4) is 5.75 Å². The molecule has 0 amide bonds. The van der Waals surface area contributed by atoms with E-state index in [0.29, 0.717) is 0 Å². The van der Waals surface area contributed by atoms with E-state index in [1.54, 1.807) is 0 Å². The fourth-order valence-corrected chi connectivity index (χ4v) is 1.26. The highest BCUT2D eigenvalue weighted by Crippen LogP contribution is 2.32. The number of aliphatic hydroxyl groups is 1. The third-order valence-corrected chi connectivity index (χ3v) is 2.05. The highest BCUT2D eigenvalue weighted by Gasteiger charge is 2.16. The summed E-state index contributed by atoms with van der Waals surface area (Å²) in [4.78, 5) is 10.3. The van der Waals surface area contributed by atoms with Gasteiger partial charge in [-0.05, 0) is 6.07 Å². The van der Waals surface area contributed by atoms with Crippen LogP contribution in [0.5, 0.6) is 5.75 Å². The number of aromatic hydroxyl groups is 1. The maximum atomic E-state index is 10.3. The maximum Gasteiger partial charge on any atom is 0.306 e. The average molecular weight is 217 g/mol. The lowest BCUT2D eigenvalue weighted by atomic mass is 10.1. The van der Waals surface area contributed by atoms with Gasteiger partial charge in [0.25, 0.3) is 0 Å². The molecule has 0 aromatic heterocycles. The highest BCUT2D eigenvalue weighted by molar-refractivity contribution is 6.32. The molecule has 14 heavy (non-hydrogen) atoms. The first-order chi connectivity index (χ1) is 6.52. The van der Waals surface area contributed by atoms with Crippen LogP contribution in [0.4, 0.5) is 0 Å². The lowest BCUT2D eigenvalue weighted by Crippen LogP contribution is -2.05. The van der Waals surface area contributed by atoms with Crippen LogP contribution in [-0.2, 0) is 4.79 Å². The van der Waals surface area contributed by atoms with Gasteiger partial charge in [-0.2, -0.15) is 0 Å². The van der Waals surface area contributed by atoms with E-state index in [-0.39, 0.29) is 16.3 Å². The number of phenols is 1. The number of carbonyl (C=O) groups is 1. The molecule has 0 saturated carbocycles. The van der Waals surface area contributed by atoms with Crippen molar-refractivity contribution >= 4 is 17.6 Å². The summed E-state index contributed by atoms with van der Waals surface area (Å²) in [6.07, 6.45) is -1.71. The normalized spacial score (nSPS) is 12.4. The topological polar surface area (TPSA) is 77.8 Å². The van der Waals surface area contributed by atoms with Crippen LogP contribution in [0.3, 0.4) is 0 Å². The molecule has 1 atom stereocenters. The van der Waals surface area contributed by atoms with Gasteiger partial charge in [0.15, 0.2) is 0 Å². The predicted octanol–water partition coefficient (Wildman–Crippen LogP) is 1.55. The minimum Gasteiger partial charge on any atom is -0.506 e. The first-order valence-corrected chi connectivity index (χ1v) is 4.27. The molecular formula is C9H9ClO4. The van der Waals surface area contributed by atoms with Gasteiger partial charge in [-0.3, -0.25) is 4.79 Å². The minimum atomic E-state index is -1.24. The Morgan fingerprint density at radius 1 is 1.50 bits per heavy atom. The van der Waals surface area contributed by atoms with Gasteiger partial charge in [-0.25, -0.2) is 0 Å². The minimum absolute atomic E-state index is 0.0898. The van der Waals surface area contributed by atoms with Gasteiger partial charge in [0.1, 0.15) is 5.75 Å². The number of benzene rings is 1. The second kappa shape index (κ2) is 4.30. The number of carboxylic acids is 1. The summed E-state index contributed by atoms with van der Waals surface area (Å²) in [6.45, 7) is 0. The van der Waals surface area contributed by atoms with Crippen molar-refractivity contribution in [1.29, 1.82) is 0 Å². The Morgan fingerprint density at radius 3 is 2.71 bits per heavy atom. The largest absolute Gasteiger partial charge is 0.506 e. The predicted molar refractivity (Wildman–Crippen MR) is 50.3 cm³/mol. The molecule has 0 fully saturated rings. The number of rotatable bonds is 3. The smallest absolute Gasteiger partial charge is 0.306 e. The third-order valence-electron chi connectivity index (χ3n) is 1.74. The monoisotopic (exact) mass is 216 g/mol. The fraction of sp³-hybridized carbons (Fsp3) is 0.222. The van der Waals surface area contributed by atoms with Crippen LogP contribution in [0.1, 0.15) is 18.1 Å². The Hall–Kier alpha value is -1.26. The molecule has 1 rings (SSSR count). The number of aliphatic carboxylic acids is 1. The maximum absolute atomic E-state index is 10.3. The van der Waals surface area contributed by atoms with Crippen LogP contribution >= 0.6 is 11.6 Å². The van der Waals surface area contributed by atoms with Crippen molar-refractivity contribution in [3.05, 3.63) is 28.8 Å². The van der Waals surface area contributed by atoms with E-state index in [0.717, 1.165) is 0 Å². The molecule has 1 aromatic rings. The standard InChI is InChI=1S/C9H9ClO4/c10-6-3-1-2-5(9(6)14)7(11)4-8(12)13/h1-3,7,11,14H,4H2,(H,12,13)/t7-/m1/s1. The summed E-state index contributed by atoms with van der Waals surface area (Å²) < 4.78 is 0. The molecule has 0 unspecified atom stereocenters. The molecule has 0 bridgehead atoms. The second-order valence-corrected chi connectivity index (χ2v) is 3.20. The first kappa shape index (κ1) is 10.8. The lowest BCUT2D eigenvalue weighted by molar-refractivity contribution is -0.139. The summed E-state index contributed by atoms with van der Waals surface area (Å²) in [5.41, 5.74) is 0.125. The number of halogens is 1. The average Bonchev–Trinajstić information content (AvgIpc) is 2.08. The second-order valence-electron chi connectivity index (χ2n) is 2.79. The molecule has 3 N–H and O–H groups in total. The van der Waals surface area contributed by atoms with E-state index in [9.17, 15) is 15.0 Å². The van der Waals surface area contributed by atoms with Crippen LogP contribution in [0.15, 0.2) is 18.2 Å². The Balaban J connectivity index is 2.95. The molecule has 0 aliphatic carbocycles. The number of aliphatic hydroxyl groups excluding tert-OH is 1. The number of phenolic OH excluding ortho intramolecular Hbond substituents is 1. The Morgan fingerprint density at radius 2 is 2.14 bits per heavy atom. The molecular weight excluding hydrogens is 208 g/mol. The first-order valence-electron chi connectivity index (χ1n) is 3.89. The Labute approximate surface area is 85.4 Å². The van der Waals surface area contributed by atoms with Crippen LogP contribution in [0.25, 0.3) is 0 Å². The van der Waals surface area contributed by atoms with Crippen molar-refractivity contribution in [3.63, 3.8) is 0 Å². The number of carboxylic acid groups (broad SMARTS) is 1. The zero-order chi connectivity index (χ0) is 10.7. The summed E-state index contributed by atoms with van der Waals surface area (Å²) in [6, 6.07) is 4.41. The third kappa shape index (κ3) is 2.37. The Kier molecular flexibility index (Phi) is 3.33. The molecule has 1 aromatic carbocycles. The number of hydrogen-bond acceptors (Lipinski definition) is 3. The number of hydrogen-bond donors (Lipinski definition) is 3. The summed E-state index contributed by atoms with van der Waals surface area (Å²) in [7, 11) is 0. The van der Waals surface area contributed by atoms with Crippen LogP contribution in [0.2, 0.25) is 5.02 Å². The van der Waals surface area contributed by atoms with Crippen LogP contribution < -0.4 is 0 Å². The van der Waals surface area contributed by atoms with Crippen molar-refractivity contribution in [2.45, 2.75) is 12.5 Å². The van der Waals surface area contributed by atoms with Gasteiger partial charge < -0.3 is 15.3 Å². The van der Waals surface area contributed by atoms with Gasteiger partial charge in [-0.15, -0.1) is 0 Å². The molecule has 0 heterocycles. The van der Waals surface area contributed by atoms with Crippen molar-refractivity contribution in [1.82, 2.24) is 0 Å². The van der Waals surface area contributed by atoms with E-state index < -0.39 is 18.5 Å². The molecule has 4 nitrogen and oxygen atoms in total. The molecule has 0 spiro atoms. The van der Waals surface area contributed by atoms with Gasteiger partial charge in [-0.1, -0.05) is 23.7 Å². The van der Waals surface area contributed by atoms with E-state index in [1.807, 2.05) is 0 Å². The van der Waals surface area contributed by atoms with Gasteiger partial charge in [0, 0.05) is 5.56 Å². The van der Waals surface area contributed by atoms with Gasteiger partial charge in [0.05, 0.1) is 17.5 Å². The molecule has 76 valence electrons. The van der Waals surface area contributed by atoms with E-state index in [2.05, 4.69) is 0 Å². The van der Waals surface area contributed by atoms with Crippen molar-refractivity contribution < 1.29 is 20.1 Å². The van der Waals surface area contributed by atoms with Crippen LogP contribution in [-0.4, -0.2) is 21.3 Å². The molecule has 0 saturated heterocycles. The zero-order valence-corrected chi connectivity index (χ0v) is 7.90. The van der Waals surface area contributed by atoms with E-state index >= 15 is 0 Å². The van der Waals surface area contributed by atoms with Crippen molar-refractivity contribution in [2.75, 3.05) is 0 Å². The van der Waals surface area contributed by atoms with Gasteiger partial charge in [0.2, 0.25) is 0 Å². The Bertz CT molecular complexity index is 351. The quantitative estimate of drug-likeness (QED) is 0.717. The van der Waals surface area contributed by atoms with Gasteiger partial charge >= 0.3 is 5.97 Å². The van der Waals surface area contributed by atoms with Crippen molar-refractivity contribution in [2.24, 2.45) is 0 Å². The summed E-state index contributed by atoms with van der Waals surface area (Å²) in [5.74, 6) is -1.42. The summed E-state index contributed by atoms with van der Waals surface area (Å²) >= 11 is 5.59. The van der Waals surface area contributed by atoms with Crippen LogP contribution in [0, 0.1) is 0 Å². The SMILES string of the molecule is O=C(O)C[C@@H](O)c1cccc(Cl)c1O. The lowest BCUT2D eigenvalue weighted by Gasteiger charge is -2.10. The number of para-hydroxylation sites is 1. The fourth-order valence-electron chi connectivity index (χ4n) is 1.08. The van der Waals surface area contributed by atoms with E-state index in [4.69, 9.17) is 16.7 Å². The highest BCUT2D eigenvalue weighted by atomic mass is 35.5. The summed E-state index contributed by atoms with van der Waals surface area (Å²) in [5, 5.41) is 27.3. The zero-order valence-electron chi connectivity index (χ0n) is 7.14. The molecule has 0 aliphatic heterocycles. The molecule has 0 radical (unpaired) electrons. The van der Waals surface area contributed by atoms with E-state index in [1.165, 1.54) is 18.2 Å². The molecule has 0 aliphatic rings. The molecule has 5 heteroatoms.